The van der Waals surface area contributed by atoms with E-state index < -0.39 is 5.54 Å². The van der Waals surface area contributed by atoms with Crippen LogP contribution in [0.2, 0.25) is 0 Å². The molecule has 0 radical (unpaired) electrons. The smallest absolute Gasteiger partial charge is 0.256 e. The minimum atomic E-state index is -0.524. The fraction of sp³-hybridized carbons (Fsp3) is 0.452. The second-order valence-electron chi connectivity index (χ2n) is 11.6. The van der Waals surface area contributed by atoms with Gasteiger partial charge in [-0.2, -0.15) is 0 Å². The summed E-state index contributed by atoms with van der Waals surface area (Å²) < 4.78 is 1.33. The first kappa shape index (κ1) is 23.2. The number of likely N-dealkylation sites (tertiary alicyclic amines) is 1. The molecule has 3 heterocycles. The zero-order valence-corrected chi connectivity index (χ0v) is 22.7. The van der Waals surface area contributed by atoms with Crippen LogP contribution < -0.4 is 0 Å². The van der Waals surface area contributed by atoms with E-state index in [2.05, 4.69) is 57.2 Å². The molecule has 7 rings (SSSR count). The molecule has 2 aliphatic heterocycles. The van der Waals surface area contributed by atoms with E-state index in [1.165, 1.54) is 37.2 Å². The Morgan fingerprint density at radius 2 is 1.84 bits per heavy atom. The molecule has 3 fully saturated rings. The first-order valence-corrected chi connectivity index (χ1v) is 14.5. The highest BCUT2D eigenvalue weighted by Gasteiger charge is 2.57. The molecule has 2 amide bonds. The van der Waals surface area contributed by atoms with Crippen molar-refractivity contribution in [1.29, 1.82) is 0 Å². The molecule has 37 heavy (non-hydrogen) atoms. The van der Waals surface area contributed by atoms with Crippen molar-refractivity contribution in [2.24, 2.45) is 16.8 Å². The molecule has 0 bridgehead atoms. The number of aliphatic imine (C=N–C) groups is 1. The van der Waals surface area contributed by atoms with Crippen LogP contribution in [0.15, 0.2) is 41.4 Å². The summed E-state index contributed by atoms with van der Waals surface area (Å²) in [7, 11) is 0. The fourth-order valence-corrected chi connectivity index (χ4v) is 7.21. The summed E-state index contributed by atoms with van der Waals surface area (Å²) in [4.78, 5) is 36.4. The summed E-state index contributed by atoms with van der Waals surface area (Å²) in [6.45, 7) is 8.79. The number of carbonyl (C=O) groups is 2. The third kappa shape index (κ3) is 3.83. The lowest BCUT2D eigenvalue weighted by Crippen LogP contribution is -2.41. The molecule has 2 aliphatic carbocycles. The van der Waals surface area contributed by atoms with Gasteiger partial charge in [-0.05, 0) is 105 Å². The third-order valence-electron chi connectivity index (χ3n) is 8.88. The molecule has 190 valence electrons. The maximum Gasteiger partial charge on any atom is 0.256 e. The van der Waals surface area contributed by atoms with Gasteiger partial charge in [-0.1, -0.05) is 18.2 Å². The van der Waals surface area contributed by atoms with Crippen molar-refractivity contribution in [1.82, 2.24) is 9.80 Å². The minimum absolute atomic E-state index is 0.157. The number of hydrogen-bond acceptors (Lipinski definition) is 4. The first-order valence-electron chi connectivity index (χ1n) is 13.6. The maximum atomic E-state index is 13.5. The van der Waals surface area contributed by atoms with Crippen LogP contribution in [-0.2, 0) is 9.59 Å². The lowest BCUT2D eigenvalue weighted by atomic mass is 9.96. The van der Waals surface area contributed by atoms with Crippen LogP contribution in [0.4, 0.5) is 0 Å². The van der Waals surface area contributed by atoms with E-state index in [0.717, 1.165) is 56.6 Å². The summed E-state index contributed by atoms with van der Waals surface area (Å²) in [6, 6.07) is 13.3. The molecule has 1 spiro atoms. The number of amidine groups is 1. The Morgan fingerprint density at radius 1 is 1.05 bits per heavy atom. The van der Waals surface area contributed by atoms with E-state index in [9.17, 15) is 9.59 Å². The summed E-state index contributed by atoms with van der Waals surface area (Å²) in [5.41, 5.74) is 5.50. The lowest BCUT2D eigenvalue weighted by Gasteiger charge is -2.24. The van der Waals surface area contributed by atoms with Crippen molar-refractivity contribution in [2.45, 2.75) is 58.4 Å². The molecule has 1 atom stereocenters. The van der Waals surface area contributed by atoms with E-state index >= 15 is 0 Å². The van der Waals surface area contributed by atoms with E-state index in [1.807, 2.05) is 21.1 Å². The lowest BCUT2D eigenvalue weighted by molar-refractivity contribution is -0.131. The van der Waals surface area contributed by atoms with Gasteiger partial charge in [0.25, 0.3) is 5.91 Å². The van der Waals surface area contributed by atoms with Gasteiger partial charge in [-0.3, -0.25) is 19.5 Å². The van der Waals surface area contributed by atoms with Gasteiger partial charge in [0.1, 0.15) is 11.4 Å². The Balaban J connectivity index is 1.16. The van der Waals surface area contributed by atoms with Crippen LogP contribution in [-0.4, -0.2) is 52.6 Å². The molecule has 4 aliphatic rings. The molecule has 1 aromatic heterocycles. The second-order valence-corrected chi connectivity index (χ2v) is 12.9. The van der Waals surface area contributed by atoms with Crippen molar-refractivity contribution in [3.8, 4) is 11.1 Å². The first-order chi connectivity index (χ1) is 17.8. The number of aryl methyl sites for hydroxylation is 3. The van der Waals surface area contributed by atoms with Gasteiger partial charge in [-0.15, -0.1) is 11.3 Å². The van der Waals surface area contributed by atoms with Gasteiger partial charge >= 0.3 is 0 Å². The van der Waals surface area contributed by atoms with Crippen molar-refractivity contribution >= 4 is 39.1 Å². The zero-order valence-electron chi connectivity index (χ0n) is 21.8. The van der Waals surface area contributed by atoms with Crippen LogP contribution in [0.1, 0.15) is 53.7 Å². The number of rotatable bonds is 5. The largest absolute Gasteiger partial charge is 0.342 e. The summed E-state index contributed by atoms with van der Waals surface area (Å²) in [5, 5.41) is 1.34. The normalized spacial score (nSPS) is 22.4. The summed E-state index contributed by atoms with van der Waals surface area (Å²) in [5.74, 6) is 1.87. The van der Waals surface area contributed by atoms with Gasteiger partial charge in [0.05, 0.1) is 0 Å². The molecule has 3 aromatic rings. The van der Waals surface area contributed by atoms with Crippen LogP contribution in [0.5, 0.6) is 0 Å². The van der Waals surface area contributed by atoms with Gasteiger partial charge in [-0.25, -0.2) is 0 Å². The number of nitrogens with zero attached hydrogens (tertiary/aromatic N) is 3. The van der Waals surface area contributed by atoms with Crippen molar-refractivity contribution in [3.63, 3.8) is 0 Å². The Kier molecular flexibility index (Phi) is 5.17. The molecule has 6 heteroatoms. The molecule has 0 N–H and O–H groups in total. The van der Waals surface area contributed by atoms with Crippen molar-refractivity contribution in [2.75, 3.05) is 19.6 Å². The van der Waals surface area contributed by atoms with Crippen molar-refractivity contribution in [3.05, 3.63) is 58.0 Å². The minimum Gasteiger partial charge on any atom is -0.342 e. The molecule has 2 saturated carbocycles. The highest BCUT2D eigenvalue weighted by molar-refractivity contribution is 7.19. The van der Waals surface area contributed by atoms with E-state index in [4.69, 9.17) is 4.99 Å². The van der Waals surface area contributed by atoms with Crippen LogP contribution in [0, 0.1) is 32.6 Å². The van der Waals surface area contributed by atoms with E-state index in [0.29, 0.717) is 18.4 Å². The fourth-order valence-electron chi connectivity index (χ4n) is 6.16. The van der Waals surface area contributed by atoms with Crippen LogP contribution >= 0.6 is 11.3 Å². The number of thiophene rings is 1. The highest BCUT2D eigenvalue weighted by atomic mass is 32.1. The number of carbonyl (C=O) groups excluding carboxylic acids is 2. The van der Waals surface area contributed by atoms with Crippen LogP contribution in [0.3, 0.4) is 0 Å². The summed E-state index contributed by atoms with van der Waals surface area (Å²) in [6.07, 6.45) is 4.74. The molecule has 1 saturated heterocycles. The predicted octanol–water partition coefficient (Wildman–Crippen LogP) is 5.87. The topological polar surface area (TPSA) is 53.0 Å². The Bertz CT molecular complexity index is 1490. The predicted molar refractivity (Wildman–Crippen MR) is 149 cm³/mol. The standard InChI is InChI=1S/C31H33N3O2S/c1-18-14-24(6-8-25(18)23-7-9-27-26(15-23)19(2)20(3)37-27)28-32-31(11-12-31)30(36)34(28)17-21-10-13-33(16-21)29(35)22-4-5-22/h6-9,14-15,21-22H,4-5,10-13,16-17H2,1-3H3/t21-/m1/s1. The molecule has 2 aromatic carbocycles. The van der Waals surface area contributed by atoms with E-state index in [-0.39, 0.29) is 11.8 Å². The number of amides is 2. The third-order valence-corrected chi connectivity index (χ3v) is 10.1. The Morgan fingerprint density at radius 3 is 2.57 bits per heavy atom. The monoisotopic (exact) mass is 511 g/mol. The Labute approximate surface area is 222 Å². The van der Waals surface area contributed by atoms with E-state index in [1.54, 1.807) is 0 Å². The van der Waals surface area contributed by atoms with Crippen molar-refractivity contribution < 1.29 is 9.59 Å². The van der Waals surface area contributed by atoms with Gasteiger partial charge in [0, 0.05) is 40.7 Å². The second kappa shape index (κ2) is 8.26. The average Bonchev–Trinajstić information content (AvgIpc) is 3.80. The molecule has 5 nitrogen and oxygen atoms in total. The average molecular weight is 512 g/mol. The SMILES string of the molecule is Cc1cc(C2=NC3(CC3)C(=O)N2C[C@@H]2CCN(C(=O)C3CC3)C2)ccc1-c1ccc2sc(C)c(C)c2c1. The highest BCUT2D eigenvalue weighted by Crippen LogP contribution is 2.46. The maximum absolute atomic E-state index is 13.5. The van der Waals surface area contributed by atoms with Gasteiger partial charge in [0.15, 0.2) is 0 Å². The van der Waals surface area contributed by atoms with Crippen LogP contribution in [0.25, 0.3) is 21.2 Å². The summed E-state index contributed by atoms with van der Waals surface area (Å²) >= 11 is 1.86. The van der Waals surface area contributed by atoms with Gasteiger partial charge < -0.3 is 4.90 Å². The Hall–Kier alpha value is -2.99. The molecular formula is C31H33N3O2S. The van der Waals surface area contributed by atoms with Gasteiger partial charge in [0.2, 0.25) is 5.91 Å². The number of hydrogen-bond donors (Lipinski definition) is 0. The zero-order chi connectivity index (χ0) is 25.5. The molecular weight excluding hydrogens is 478 g/mol. The molecule has 0 unspecified atom stereocenters. The number of benzene rings is 2. The quantitative estimate of drug-likeness (QED) is 0.430. The number of fused-ring (bicyclic) bond motifs is 1.